The molecule has 2 heterocycles. The average molecular weight is 261 g/mol. The molecule has 1 fully saturated rings. The zero-order valence-electron chi connectivity index (χ0n) is 10.9. The highest BCUT2D eigenvalue weighted by Crippen LogP contribution is 2.27. The molecule has 0 radical (unpaired) electrons. The molecule has 1 aliphatic carbocycles. The molecule has 2 atom stereocenters. The molecule has 0 saturated carbocycles. The highest BCUT2D eigenvalue weighted by molar-refractivity contribution is 5.82. The summed E-state index contributed by atoms with van der Waals surface area (Å²) in [5.41, 5.74) is 1.98. The normalized spacial score (nSPS) is 25.9. The molecule has 1 aromatic rings. The summed E-state index contributed by atoms with van der Waals surface area (Å²) in [6, 6.07) is 3.38. The van der Waals surface area contributed by atoms with Crippen molar-refractivity contribution in [1.82, 2.24) is 15.6 Å². The molecule has 1 aliphatic heterocycles. The van der Waals surface area contributed by atoms with Crippen LogP contribution in [0.5, 0.6) is 0 Å². The lowest BCUT2D eigenvalue weighted by Crippen LogP contribution is -2.43. The SMILES string of the molecule is O=C(NC1CCCc2[nH]c(=O)ccc21)C1CCCN1. The van der Waals surface area contributed by atoms with Crippen molar-refractivity contribution in [1.29, 1.82) is 0 Å². The van der Waals surface area contributed by atoms with E-state index in [1.807, 2.05) is 6.07 Å². The van der Waals surface area contributed by atoms with E-state index in [0.717, 1.165) is 49.9 Å². The van der Waals surface area contributed by atoms with Crippen LogP contribution in [0.2, 0.25) is 0 Å². The Morgan fingerprint density at radius 2 is 2.16 bits per heavy atom. The van der Waals surface area contributed by atoms with Gasteiger partial charge in [-0.25, -0.2) is 0 Å². The number of pyridine rings is 1. The number of amides is 1. The first-order chi connectivity index (χ1) is 9.24. The van der Waals surface area contributed by atoms with Crippen LogP contribution in [0.4, 0.5) is 0 Å². The maximum Gasteiger partial charge on any atom is 0.248 e. The van der Waals surface area contributed by atoms with Crippen molar-refractivity contribution in [3.05, 3.63) is 33.7 Å². The maximum atomic E-state index is 12.1. The number of rotatable bonds is 2. The summed E-state index contributed by atoms with van der Waals surface area (Å²) in [5, 5.41) is 6.32. The number of H-pyrrole nitrogens is 1. The van der Waals surface area contributed by atoms with E-state index in [1.54, 1.807) is 0 Å². The van der Waals surface area contributed by atoms with E-state index >= 15 is 0 Å². The Kier molecular flexibility index (Phi) is 3.38. The number of fused-ring (bicyclic) bond motifs is 1. The van der Waals surface area contributed by atoms with Crippen LogP contribution in [0.1, 0.15) is 43.0 Å². The fourth-order valence-electron chi connectivity index (χ4n) is 3.03. The van der Waals surface area contributed by atoms with Crippen LogP contribution in [0, 0.1) is 0 Å². The van der Waals surface area contributed by atoms with Gasteiger partial charge in [-0.15, -0.1) is 0 Å². The Labute approximate surface area is 111 Å². The second kappa shape index (κ2) is 5.17. The second-order valence-electron chi connectivity index (χ2n) is 5.36. The quantitative estimate of drug-likeness (QED) is 0.730. The van der Waals surface area contributed by atoms with Gasteiger partial charge in [-0.05, 0) is 50.3 Å². The van der Waals surface area contributed by atoms with Gasteiger partial charge >= 0.3 is 0 Å². The summed E-state index contributed by atoms with van der Waals surface area (Å²) in [7, 11) is 0. The average Bonchev–Trinajstić information content (AvgIpc) is 2.92. The summed E-state index contributed by atoms with van der Waals surface area (Å²) in [4.78, 5) is 26.3. The number of carbonyl (C=O) groups is 1. The van der Waals surface area contributed by atoms with Crippen LogP contribution in [-0.4, -0.2) is 23.5 Å². The summed E-state index contributed by atoms with van der Waals surface area (Å²) >= 11 is 0. The van der Waals surface area contributed by atoms with E-state index in [2.05, 4.69) is 15.6 Å². The Balaban J connectivity index is 1.76. The van der Waals surface area contributed by atoms with Gasteiger partial charge in [0.1, 0.15) is 0 Å². The highest BCUT2D eigenvalue weighted by Gasteiger charge is 2.27. The largest absolute Gasteiger partial charge is 0.348 e. The van der Waals surface area contributed by atoms with Crippen molar-refractivity contribution in [3.63, 3.8) is 0 Å². The van der Waals surface area contributed by atoms with Crippen molar-refractivity contribution in [2.75, 3.05) is 6.54 Å². The molecule has 1 amide bonds. The molecule has 1 saturated heterocycles. The molecular weight excluding hydrogens is 242 g/mol. The van der Waals surface area contributed by atoms with Gasteiger partial charge < -0.3 is 15.6 Å². The van der Waals surface area contributed by atoms with Gasteiger partial charge in [-0.1, -0.05) is 0 Å². The summed E-state index contributed by atoms with van der Waals surface area (Å²) in [6.07, 6.45) is 4.80. The minimum Gasteiger partial charge on any atom is -0.348 e. The van der Waals surface area contributed by atoms with E-state index in [9.17, 15) is 9.59 Å². The van der Waals surface area contributed by atoms with Crippen molar-refractivity contribution >= 4 is 5.91 Å². The van der Waals surface area contributed by atoms with E-state index in [4.69, 9.17) is 0 Å². The molecule has 2 unspecified atom stereocenters. The number of carbonyl (C=O) groups excluding carboxylic acids is 1. The van der Waals surface area contributed by atoms with Crippen LogP contribution in [0.25, 0.3) is 0 Å². The van der Waals surface area contributed by atoms with Crippen molar-refractivity contribution in [3.8, 4) is 0 Å². The van der Waals surface area contributed by atoms with Crippen molar-refractivity contribution < 1.29 is 4.79 Å². The highest BCUT2D eigenvalue weighted by atomic mass is 16.2. The van der Waals surface area contributed by atoms with Crippen LogP contribution < -0.4 is 16.2 Å². The van der Waals surface area contributed by atoms with E-state index < -0.39 is 0 Å². The van der Waals surface area contributed by atoms with Gasteiger partial charge in [0, 0.05) is 11.8 Å². The molecule has 1 aromatic heterocycles. The minimum atomic E-state index is -0.0665. The summed E-state index contributed by atoms with van der Waals surface area (Å²) in [5.74, 6) is 0.0848. The lowest BCUT2D eigenvalue weighted by molar-refractivity contribution is -0.123. The van der Waals surface area contributed by atoms with Crippen LogP contribution in [-0.2, 0) is 11.2 Å². The van der Waals surface area contributed by atoms with Crippen molar-refractivity contribution in [2.24, 2.45) is 0 Å². The lowest BCUT2D eigenvalue weighted by atomic mass is 9.91. The summed E-state index contributed by atoms with van der Waals surface area (Å²) in [6.45, 7) is 0.923. The predicted molar refractivity (Wildman–Crippen MR) is 71.9 cm³/mol. The monoisotopic (exact) mass is 261 g/mol. The molecule has 3 rings (SSSR count). The van der Waals surface area contributed by atoms with Crippen LogP contribution in [0.15, 0.2) is 16.9 Å². The number of hydrogen-bond acceptors (Lipinski definition) is 3. The number of aromatic amines is 1. The van der Waals surface area contributed by atoms with Gasteiger partial charge in [0.05, 0.1) is 12.1 Å². The zero-order chi connectivity index (χ0) is 13.2. The Hall–Kier alpha value is -1.62. The molecule has 0 spiro atoms. The molecule has 0 aromatic carbocycles. The molecule has 3 N–H and O–H groups in total. The molecule has 19 heavy (non-hydrogen) atoms. The Morgan fingerprint density at radius 3 is 2.95 bits per heavy atom. The molecule has 0 bridgehead atoms. The second-order valence-corrected chi connectivity index (χ2v) is 5.36. The topological polar surface area (TPSA) is 74.0 Å². The van der Waals surface area contributed by atoms with Crippen LogP contribution >= 0.6 is 0 Å². The molecule has 5 heteroatoms. The van der Waals surface area contributed by atoms with Gasteiger partial charge in [-0.2, -0.15) is 0 Å². The number of nitrogens with one attached hydrogen (secondary N) is 3. The zero-order valence-corrected chi connectivity index (χ0v) is 10.9. The fraction of sp³-hybridized carbons (Fsp3) is 0.571. The third-order valence-electron chi connectivity index (χ3n) is 4.03. The Bertz CT molecular complexity index is 532. The maximum absolute atomic E-state index is 12.1. The van der Waals surface area contributed by atoms with Gasteiger partial charge in [-0.3, -0.25) is 9.59 Å². The molecule has 2 aliphatic rings. The third kappa shape index (κ3) is 2.56. The minimum absolute atomic E-state index is 0.0375. The predicted octanol–water partition coefficient (Wildman–Crippen LogP) is 0.620. The third-order valence-corrected chi connectivity index (χ3v) is 4.03. The number of aryl methyl sites for hydroxylation is 1. The molecular formula is C14H19N3O2. The van der Waals surface area contributed by atoms with Crippen LogP contribution in [0.3, 0.4) is 0 Å². The van der Waals surface area contributed by atoms with Gasteiger partial charge in [0.25, 0.3) is 0 Å². The molecule has 102 valence electrons. The van der Waals surface area contributed by atoms with E-state index in [1.165, 1.54) is 6.07 Å². The van der Waals surface area contributed by atoms with Crippen molar-refractivity contribution in [2.45, 2.75) is 44.2 Å². The molecule has 5 nitrogen and oxygen atoms in total. The standard InChI is InChI=1S/C14H19N3O2/c18-13-7-6-9-10(16-13)3-1-4-11(9)17-14(19)12-5-2-8-15-12/h6-7,11-12,15H,1-5,8H2,(H,16,18)(H,17,19). The first-order valence-electron chi connectivity index (χ1n) is 7.00. The van der Waals surface area contributed by atoms with E-state index in [0.29, 0.717) is 0 Å². The van der Waals surface area contributed by atoms with Gasteiger partial charge in [0.2, 0.25) is 11.5 Å². The number of hydrogen-bond donors (Lipinski definition) is 3. The first kappa shape index (κ1) is 12.4. The first-order valence-corrected chi connectivity index (χ1v) is 7.00. The van der Waals surface area contributed by atoms with E-state index in [-0.39, 0.29) is 23.6 Å². The lowest BCUT2D eigenvalue weighted by Gasteiger charge is -2.27. The fourth-order valence-corrected chi connectivity index (χ4v) is 3.03. The van der Waals surface area contributed by atoms with Gasteiger partial charge in [0.15, 0.2) is 0 Å². The smallest absolute Gasteiger partial charge is 0.248 e. The summed E-state index contributed by atoms with van der Waals surface area (Å²) < 4.78 is 0. The Morgan fingerprint density at radius 1 is 1.26 bits per heavy atom. The number of aromatic nitrogens is 1.